The van der Waals surface area contributed by atoms with E-state index in [1.807, 2.05) is 6.26 Å². The number of amides is 1. The molecule has 5 heteroatoms. The smallest absolute Gasteiger partial charge is 0.315 e. The highest BCUT2D eigenvalue weighted by Crippen LogP contribution is 2.21. The highest BCUT2D eigenvalue weighted by atomic mass is 32.2. The number of thioether (sulfide) groups is 1. The van der Waals surface area contributed by atoms with Crippen molar-refractivity contribution in [3.8, 4) is 0 Å². The van der Waals surface area contributed by atoms with Gasteiger partial charge in [0.1, 0.15) is 0 Å². The topological polar surface area (TPSA) is 20.3 Å². The minimum atomic E-state index is -2.84. The SMILES string of the molecule is CSC1CCN(C(=O)C(F)F)C1. The maximum atomic E-state index is 11.9. The molecule has 12 heavy (non-hydrogen) atoms. The molecule has 0 aliphatic carbocycles. The molecule has 0 aromatic carbocycles. The Hall–Kier alpha value is -0.320. The predicted octanol–water partition coefficient (Wildman–Crippen LogP) is 1.22. The maximum Gasteiger partial charge on any atom is 0.315 e. The molecule has 2 nitrogen and oxygen atoms in total. The van der Waals surface area contributed by atoms with Gasteiger partial charge in [-0.05, 0) is 12.7 Å². The first-order chi connectivity index (χ1) is 5.65. The first-order valence-electron chi connectivity index (χ1n) is 3.75. The minimum absolute atomic E-state index is 0.340. The summed E-state index contributed by atoms with van der Waals surface area (Å²) in [5.74, 6) is -1.02. The summed E-state index contributed by atoms with van der Waals surface area (Å²) in [5.41, 5.74) is 0. The second kappa shape index (κ2) is 4.07. The van der Waals surface area contributed by atoms with E-state index in [1.165, 1.54) is 4.90 Å². The van der Waals surface area contributed by atoms with Crippen LogP contribution in [0.5, 0.6) is 0 Å². The van der Waals surface area contributed by atoms with Gasteiger partial charge in [-0.3, -0.25) is 4.79 Å². The molecule has 1 aliphatic heterocycles. The van der Waals surface area contributed by atoms with E-state index in [1.54, 1.807) is 11.8 Å². The Labute approximate surface area is 74.3 Å². The molecule has 0 bridgehead atoms. The summed E-state index contributed by atoms with van der Waals surface area (Å²) >= 11 is 1.63. The molecule has 1 amide bonds. The predicted molar refractivity (Wildman–Crippen MR) is 44.5 cm³/mol. The third-order valence-electron chi connectivity index (χ3n) is 1.98. The minimum Gasteiger partial charge on any atom is -0.337 e. The summed E-state index contributed by atoms with van der Waals surface area (Å²) in [5, 5.41) is 0.340. The molecule has 1 unspecified atom stereocenters. The zero-order valence-corrected chi connectivity index (χ0v) is 7.61. The van der Waals surface area contributed by atoms with Crippen LogP contribution in [0.4, 0.5) is 8.78 Å². The molecule has 0 aromatic rings. The van der Waals surface area contributed by atoms with Gasteiger partial charge in [-0.25, -0.2) is 0 Å². The second-order valence-corrected chi connectivity index (χ2v) is 3.87. The van der Waals surface area contributed by atoms with Gasteiger partial charge in [-0.1, -0.05) is 0 Å². The van der Waals surface area contributed by atoms with Crippen molar-refractivity contribution in [2.24, 2.45) is 0 Å². The van der Waals surface area contributed by atoms with Crippen LogP contribution in [0.25, 0.3) is 0 Å². The third-order valence-corrected chi connectivity index (χ3v) is 3.03. The molecule has 1 rings (SSSR count). The molecule has 1 fully saturated rings. The normalized spacial score (nSPS) is 23.7. The summed E-state index contributed by atoms with van der Waals surface area (Å²) in [4.78, 5) is 12.0. The third kappa shape index (κ3) is 2.09. The van der Waals surface area contributed by atoms with E-state index < -0.39 is 12.3 Å². The molecule has 1 saturated heterocycles. The number of carbonyl (C=O) groups excluding carboxylic acids is 1. The standard InChI is InChI=1S/C7H11F2NOS/c1-12-5-2-3-10(4-5)7(11)6(8)9/h5-6H,2-4H2,1H3. The van der Waals surface area contributed by atoms with Crippen molar-refractivity contribution in [1.29, 1.82) is 0 Å². The number of halogens is 2. The van der Waals surface area contributed by atoms with Gasteiger partial charge in [-0.2, -0.15) is 20.5 Å². The summed E-state index contributed by atoms with van der Waals surface area (Å²) < 4.78 is 23.8. The van der Waals surface area contributed by atoms with E-state index in [-0.39, 0.29) is 0 Å². The molecule has 0 saturated carbocycles. The van der Waals surface area contributed by atoms with Gasteiger partial charge in [0.25, 0.3) is 5.91 Å². The van der Waals surface area contributed by atoms with Crippen LogP contribution < -0.4 is 0 Å². The van der Waals surface area contributed by atoms with Crippen LogP contribution >= 0.6 is 11.8 Å². The van der Waals surface area contributed by atoms with Gasteiger partial charge in [0.05, 0.1) is 0 Å². The first kappa shape index (κ1) is 9.77. The van der Waals surface area contributed by atoms with Crippen molar-refractivity contribution < 1.29 is 13.6 Å². The fraction of sp³-hybridized carbons (Fsp3) is 0.857. The maximum absolute atomic E-state index is 11.9. The Morgan fingerprint density at radius 2 is 2.33 bits per heavy atom. The van der Waals surface area contributed by atoms with E-state index >= 15 is 0 Å². The quantitative estimate of drug-likeness (QED) is 0.660. The van der Waals surface area contributed by atoms with Crippen LogP contribution in [0, 0.1) is 0 Å². The van der Waals surface area contributed by atoms with Crippen LogP contribution in [0.3, 0.4) is 0 Å². The molecule has 0 N–H and O–H groups in total. The van der Waals surface area contributed by atoms with Crippen molar-refractivity contribution in [2.45, 2.75) is 18.1 Å². The fourth-order valence-corrected chi connectivity index (χ4v) is 1.93. The van der Waals surface area contributed by atoms with Gasteiger partial charge < -0.3 is 4.90 Å². The lowest BCUT2D eigenvalue weighted by Gasteiger charge is -2.14. The summed E-state index contributed by atoms with van der Waals surface area (Å²) in [6.45, 7) is 0.957. The molecule has 0 radical (unpaired) electrons. The van der Waals surface area contributed by atoms with Crippen LogP contribution in [0.1, 0.15) is 6.42 Å². The summed E-state index contributed by atoms with van der Waals surface area (Å²) in [7, 11) is 0. The van der Waals surface area contributed by atoms with Crippen molar-refractivity contribution in [3.63, 3.8) is 0 Å². The number of likely N-dealkylation sites (tertiary alicyclic amines) is 1. The molecular weight excluding hydrogens is 184 g/mol. The molecule has 0 spiro atoms. The van der Waals surface area contributed by atoms with Gasteiger partial charge >= 0.3 is 6.43 Å². The number of hydrogen-bond acceptors (Lipinski definition) is 2. The first-order valence-corrected chi connectivity index (χ1v) is 5.03. The van der Waals surface area contributed by atoms with Crippen LogP contribution in [-0.2, 0) is 4.79 Å². The fourth-order valence-electron chi connectivity index (χ4n) is 1.26. The molecule has 1 heterocycles. The lowest BCUT2D eigenvalue weighted by Crippen LogP contribution is -2.33. The second-order valence-electron chi connectivity index (χ2n) is 2.73. The number of alkyl halides is 2. The molecule has 70 valence electrons. The molecule has 1 atom stereocenters. The van der Waals surface area contributed by atoms with Crippen molar-refractivity contribution in [2.75, 3.05) is 19.3 Å². The van der Waals surface area contributed by atoms with Crippen LogP contribution in [0.2, 0.25) is 0 Å². The molecule has 1 aliphatic rings. The average molecular weight is 195 g/mol. The number of rotatable bonds is 2. The average Bonchev–Trinajstić information content (AvgIpc) is 2.50. The zero-order chi connectivity index (χ0) is 9.14. The lowest BCUT2D eigenvalue weighted by molar-refractivity contribution is -0.141. The van der Waals surface area contributed by atoms with E-state index in [0.717, 1.165) is 6.42 Å². The van der Waals surface area contributed by atoms with E-state index in [0.29, 0.717) is 18.3 Å². The Morgan fingerprint density at radius 3 is 2.75 bits per heavy atom. The Balaban J connectivity index is 2.41. The van der Waals surface area contributed by atoms with Crippen molar-refractivity contribution in [1.82, 2.24) is 4.90 Å². The van der Waals surface area contributed by atoms with Crippen LogP contribution in [0.15, 0.2) is 0 Å². The molecular formula is C7H11F2NOS. The molecule has 0 aromatic heterocycles. The number of carbonyl (C=O) groups is 1. The highest BCUT2D eigenvalue weighted by molar-refractivity contribution is 7.99. The van der Waals surface area contributed by atoms with Crippen molar-refractivity contribution >= 4 is 17.7 Å². The Kier molecular flexibility index (Phi) is 3.31. The van der Waals surface area contributed by atoms with Gasteiger partial charge in [0.2, 0.25) is 0 Å². The van der Waals surface area contributed by atoms with Gasteiger partial charge in [0.15, 0.2) is 0 Å². The summed E-state index contributed by atoms with van der Waals surface area (Å²) in [6.07, 6.45) is -0.0775. The number of nitrogens with zero attached hydrogens (tertiary/aromatic N) is 1. The Morgan fingerprint density at radius 1 is 1.67 bits per heavy atom. The monoisotopic (exact) mass is 195 g/mol. The highest BCUT2D eigenvalue weighted by Gasteiger charge is 2.30. The van der Waals surface area contributed by atoms with E-state index in [2.05, 4.69) is 0 Å². The van der Waals surface area contributed by atoms with Gasteiger partial charge in [0, 0.05) is 18.3 Å². The van der Waals surface area contributed by atoms with E-state index in [4.69, 9.17) is 0 Å². The Bertz CT molecular complexity index is 177. The van der Waals surface area contributed by atoms with Crippen LogP contribution in [-0.4, -0.2) is 41.8 Å². The zero-order valence-electron chi connectivity index (χ0n) is 6.80. The van der Waals surface area contributed by atoms with Crippen molar-refractivity contribution in [3.05, 3.63) is 0 Å². The van der Waals surface area contributed by atoms with Gasteiger partial charge in [-0.15, -0.1) is 0 Å². The number of hydrogen-bond donors (Lipinski definition) is 0. The largest absolute Gasteiger partial charge is 0.337 e. The van der Waals surface area contributed by atoms with E-state index in [9.17, 15) is 13.6 Å². The lowest BCUT2D eigenvalue weighted by atomic mass is 10.4. The summed E-state index contributed by atoms with van der Waals surface area (Å²) in [6, 6.07) is 0.